The Morgan fingerprint density at radius 1 is 0.560 bits per heavy atom. The van der Waals surface area contributed by atoms with Crippen molar-refractivity contribution in [2.75, 3.05) is 18.1 Å². The van der Waals surface area contributed by atoms with Crippen LogP contribution in [0.2, 0.25) is 0 Å². The van der Waals surface area contributed by atoms with Gasteiger partial charge in [-0.1, -0.05) is 76.2 Å². The molecule has 0 unspecified atom stereocenters. The lowest BCUT2D eigenvalue weighted by molar-refractivity contribution is -0.136. The van der Waals surface area contributed by atoms with Crippen molar-refractivity contribution in [3.63, 3.8) is 0 Å². The Labute approximate surface area is 437 Å². The maximum absolute atomic E-state index is 14.2. The Kier molecular flexibility index (Phi) is 22.1. The molecule has 1 heterocycles. The van der Waals surface area contributed by atoms with Gasteiger partial charge >= 0.3 is 0 Å². The van der Waals surface area contributed by atoms with Crippen LogP contribution in [0.4, 0.5) is 11.4 Å². The average molecular weight is 1070 g/mol. The molecule has 0 bridgehead atoms. The van der Waals surface area contributed by atoms with E-state index in [2.05, 4.69) is 47.4 Å². The van der Waals surface area contributed by atoms with Crippen molar-refractivity contribution in [2.45, 2.75) is 74.9 Å². The van der Waals surface area contributed by atoms with Gasteiger partial charge in [0.1, 0.15) is 36.0 Å². The molecular formula is C49H57N13O11S2. The Hall–Kier alpha value is -8.36. The van der Waals surface area contributed by atoms with Crippen LogP contribution < -0.4 is 60.2 Å². The van der Waals surface area contributed by atoms with Crippen molar-refractivity contribution in [2.24, 2.45) is 33.2 Å². The van der Waals surface area contributed by atoms with Crippen LogP contribution in [0.25, 0.3) is 0 Å². The Morgan fingerprint density at radius 3 is 1.65 bits per heavy atom. The van der Waals surface area contributed by atoms with Gasteiger partial charge in [-0.3, -0.25) is 47.9 Å². The molecule has 5 rings (SSSR count). The van der Waals surface area contributed by atoms with Crippen LogP contribution in [0.1, 0.15) is 46.3 Å². The van der Waals surface area contributed by atoms with Crippen molar-refractivity contribution in [3.05, 3.63) is 125 Å². The van der Waals surface area contributed by atoms with E-state index in [-0.39, 0.29) is 55.2 Å². The van der Waals surface area contributed by atoms with E-state index in [1.807, 2.05) is 0 Å². The first-order valence-corrected chi connectivity index (χ1v) is 25.7. The minimum Gasteiger partial charge on any atom is -0.508 e. The number of carbonyl (C=O) groups excluding carboxylic acids is 10. The van der Waals surface area contributed by atoms with Crippen LogP contribution in [0.5, 0.6) is 5.75 Å². The molecule has 6 atom stereocenters. The van der Waals surface area contributed by atoms with E-state index >= 15 is 0 Å². The summed E-state index contributed by atoms with van der Waals surface area (Å²) in [6.45, 7) is -0.355. The number of phenols is 1. The number of nitrogens with one attached hydrogen (secondary N) is 7. The lowest BCUT2D eigenvalue weighted by atomic mass is 10.0. The second-order valence-electron chi connectivity index (χ2n) is 17.0. The molecular weight excluding hydrogens is 1010 g/mol. The topological polar surface area (TPSA) is 404 Å². The molecule has 10 amide bonds. The van der Waals surface area contributed by atoms with Gasteiger partial charge in [-0.15, -0.1) is 0 Å². The summed E-state index contributed by atoms with van der Waals surface area (Å²) < 4.78 is 0. The van der Waals surface area contributed by atoms with E-state index in [1.54, 1.807) is 78.9 Å². The second kappa shape index (κ2) is 28.8. The molecule has 1 saturated heterocycles. The summed E-state index contributed by atoms with van der Waals surface area (Å²) in [5.41, 5.74) is 25.2. The summed E-state index contributed by atoms with van der Waals surface area (Å²) in [6.07, 6.45) is -1.79. The summed E-state index contributed by atoms with van der Waals surface area (Å²) in [7, 11) is 2.13. The van der Waals surface area contributed by atoms with E-state index in [9.17, 15) is 53.1 Å². The summed E-state index contributed by atoms with van der Waals surface area (Å²) in [4.78, 5) is 131. The number of aromatic hydroxyl groups is 1. The number of nitrogens with zero attached hydrogens (tertiary/aromatic N) is 2. The average Bonchev–Trinajstić information content (AvgIpc) is 3.38. The quantitative estimate of drug-likeness (QED) is 0.0465. The summed E-state index contributed by atoms with van der Waals surface area (Å²) >= 11 is 0. The first kappa shape index (κ1) is 57.5. The smallest absolute Gasteiger partial charge is 0.251 e. The lowest BCUT2D eigenvalue weighted by Crippen LogP contribution is -2.60. The number of hydrogen-bond donors (Lipinski definition) is 12. The fourth-order valence-corrected chi connectivity index (χ4v) is 9.31. The van der Waals surface area contributed by atoms with Gasteiger partial charge in [-0.2, -0.15) is 10.2 Å². The van der Waals surface area contributed by atoms with Crippen molar-refractivity contribution < 1.29 is 53.1 Å². The fraction of sp³-hybridized carbons (Fsp3) is 0.306. The zero-order valence-corrected chi connectivity index (χ0v) is 41.8. The van der Waals surface area contributed by atoms with E-state index in [0.717, 1.165) is 21.6 Å². The van der Waals surface area contributed by atoms with Gasteiger partial charge in [0, 0.05) is 42.9 Å². The van der Waals surface area contributed by atoms with E-state index in [4.69, 9.17) is 22.9 Å². The van der Waals surface area contributed by atoms with Gasteiger partial charge < -0.3 is 65.3 Å². The molecule has 24 nitrogen and oxygen atoms in total. The van der Waals surface area contributed by atoms with Crippen molar-refractivity contribution in [3.8, 4) is 5.75 Å². The minimum absolute atomic E-state index is 0.0435. The van der Waals surface area contributed by atoms with Gasteiger partial charge in [0.25, 0.3) is 5.91 Å². The predicted molar refractivity (Wildman–Crippen MR) is 277 cm³/mol. The van der Waals surface area contributed by atoms with Crippen LogP contribution >= 0.6 is 21.6 Å². The number of amides is 10. The van der Waals surface area contributed by atoms with E-state index in [1.165, 1.54) is 24.3 Å². The molecule has 75 heavy (non-hydrogen) atoms. The minimum atomic E-state index is -1.70. The Bertz CT molecular complexity index is 2720. The first-order valence-electron chi connectivity index (χ1n) is 23.2. The number of carbonyl (C=O) groups is 10. The molecule has 16 N–H and O–H groups in total. The SMILES string of the molecule is NC(=O)CC[C@@H]1NC(=O)[C@H](Cc2ccccc2)NC(=O)[C@H](Cc2ccc(O)cc2)NC(=O)[C@@H](N)CSSC[C@@H](C(=O)NCc2ccc(N=Nc3ccc(C(=O)NCC(N)=O)cc3)cc2)NC(=O)[C@H](CC(N)=O)NC1=O. The zero-order chi connectivity index (χ0) is 54.4. The first-order chi connectivity index (χ1) is 35.8. The van der Waals surface area contributed by atoms with Crippen molar-refractivity contribution in [1.29, 1.82) is 0 Å². The van der Waals surface area contributed by atoms with Gasteiger partial charge in [-0.25, -0.2) is 0 Å². The monoisotopic (exact) mass is 1070 g/mol. The summed E-state index contributed by atoms with van der Waals surface area (Å²) in [5, 5.41) is 36.3. The normalized spacial score (nSPS) is 20.3. The van der Waals surface area contributed by atoms with Crippen LogP contribution in [0, 0.1) is 0 Å². The molecule has 26 heteroatoms. The molecule has 1 aliphatic heterocycles. The van der Waals surface area contributed by atoms with Crippen molar-refractivity contribution >= 4 is 92.0 Å². The molecule has 4 aromatic rings. The molecule has 0 spiro atoms. The third-order valence-electron chi connectivity index (χ3n) is 11.0. The van der Waals surface area contributed by atoms with Crippen LogP contribution in [-0.4, -0.2) is 118 Å². The number of azo groups is 1. The van der Waals surface area contributed by atoms with Crippen LogP contribution in [0.15, 0.2) is 113 Å². The zero-order valence-electron chi connectivity index (χ0n) is 40.2. The molecule has 0 aliphatic carbocycles. The van der Waals surface area contributed by atoms with Crippen LogP contribution in [-0.2, 0) is 62.5 Å². The number of hydrogen-bond acceptors (Lipinski definition) is 16. The van der Waals surface area contributed by atoms with Gasteiger partial charge in [0.15, 0.2) is 0 Å². The predicted octanol–water partition coefficient (Wildman–Crippen LogP) is -0.588. The molecule has 1 aliphatic rings. The highest BCUT2D eigenvalue weighted by atomic mass is 33.1. The number of benzene rings is 4. The van der Waals surface area contributed by atoms with E-state index < -0.39 is 108 Å². The largest absolute Gasteiger partial charge is 0.508 e. The third kappa shape index (κ3) is 19.5. The van der Waals surface area contributed by atoms with Crippen molar-refractivity contribution in [1.82, 2.24) is 37.2 Å². The molecule has 1 fully saturated rings. The highest BCUT2D eigenvalue weighted by Crippen LogP contribution is 2.24. The summed E-state index contributed by atoms with van der Waals surface area (Å²) in [6, 6.07) is 18.6. The number of phenolic OH excluding ortho intramolecular Hbond substituents is 1. The van der Waals surface area contributed by atoms with E-state index in [0.29, 0.717) is 28.1 Å². The fourth-order valence-electron chi connectivity index (χ4n) is 7.02. The van der Waals surface area contributed by atoms with Crippen LogP contribution in [0.3, 0.4) is 0 Å². The molecule has 396 valence electrons. The second-order valence-corrected chi connectivity index (χ2v) is 19.5. The Morgan fingerprint density at radius 2 is 1.07 bits per heavy atom. The molecule has 0 aromatic heterocycles. The molecule has 0 saturated carbocycles. The highest BCUT2D eigenvalue weighted by Gasteiger charge is 2.34. The van der Waals surface area contributed by atoms with Gasteiger partial charge in [0.05, 0.1) is 30.4 Å². The maximum Gasteiger partial charge on any atom is 0.251 e. The maximum atomic E-state index is 14.2. The highest BCUT2D eigenvalue weighted by molar-refractivity contribution is 8.76. The number of nitrogens with two attached hydrogens (primary N) is 4. The molecule has 0 radical (unpaired) electrons. The van der Waals surface area contributed by atoms with Gasteiger partial charge in [-0.05, 0) is 71.6 Å². The lowest BCUT2D eigenvalue weighted by Gasteiger charge is -2.27. The third-order valence-corrected chi connectivity index (χ3v) is 13.5. The van der Waals surface area contributed by atoms with Gasteiger partial charge in [0.2, 0.25) is 53.2 Å². The summed E-state index contributed by atoms with van der Waals surface area (Å²) in [5.74, 6) is -8.47. The number of primary amides is 3. The Balaban J connectivity index is 1.37. The molecule has 4 aromatic carbocycles. The standard InChI is InChI=1S/C49H57N13O11S2/c50-34-25-74-75-26-39(45(69)54-23-29-6-12-31(13-7-29)61-62-32-14-10-30(11-15-32)43(67)55-24-42(53)66)60-49(73)38(22-41(52)65)59-46(70)35(18-19-40(51)64)56-47(71)37(20-27-4-2-1-3-5-27)58-48(72)36(57-44(34)68)21-28-8-16-33(63)17-9-28/h1-17,34-39,63H,18-26,50H2,(H2,51,64)(H2,52,65)(H2,53,66)(H,54,69)(H,55,67)(H,56,71)(H,57,68)(H,58,72)(H,59,70)(H,60,73)/t34-,35-,36-,37-,38-,39-/m0/s1. The number of rotatable bonds is 17.